The predicted octanol–water partition coefficient (Wildman–Crippen LogP) is 3.25. The molecular formula is C26H46N4O4. The molecular weight excluding hydrogens is 432 g/mol. The van der Waals surface area contributed by atoms with E-state index >= 15 is 0 Å². The number of nitrogens with one attached hydrogen (secondary N) is 1. The second kappa shape index (κ2) is 12.2. The van der Waals surface area contributed by atoms with Gasteiger partial charge in [0.2, 0.25) is 5.91 Å². The van der Waals surface area contributed by atoms with Crippen LogP contribution in [0.25, 0.3) is 0 Å². The Labute approximate surface area is 205 Å². The topological polar surface area (TPSA) is 82.2 Å². The monoisotopic (exact) mass is 478 g/mol. The molecule has 3 amide bonds. The van der Waals surface area contributed by atoms with E-state index in [1.54, 1.807) is 6.92 Å². The minimum absolute atomic E-state index is 0.0580. The third-order valence-electron chi connectivity index (χ3n) is 7.59. The van der Waals surface area contributed by atoms with Crippen molar-refractivity contribution in [2.75, 3.05) is 45.8 Å². The van der Waals surface area contributed by atoms with E-state index in [1.807, 2.05) is 30.6 Å². The lowest BCUT2D eigenvalue weighted by Crippen LogP contribution is -2.52. The Morgan fingerprint density at radius 2 is 1.56 bits per heavy atom. The third kappa shape index (κ3) is 8.43. The first kappa shape index (κ1) is 26.8. The van der Waals surface area contributed by atoms with Gasteiger partial charge in [-0.15, -0.1) is 0 Å². The van der Waals surface area contributed by atoms with Crippen molar-refractivity contribution in [2.45, 2.75) is 90.7 Å². The Hall–Kier alpha value is -1.83. The molecule has 0 unspecified atom stereocenters. The molecule has 3 aliphatic rings. The zero-order valence-electron chi connectivity index (χ0n) is 21.8. The summed E-state index contributed by atoms with van der Waals surface area (Å²) < 4.78 is 5.61. The molecule has 2 atom stereocenters. The first-order valence-electron chi connectivity index (χ1n) is 13.4. The van der Waals surface area contributed by atoms with Gasteiger partial charge in [0.05, 0.1) is 0 Å². The van der Waals surface area contributed by atoms with Crippen molar-refractivity contribution in [3.8, 4) is 0 Å². The van der Waals surface area contributed by atoms with E-state index in [0.29, 0.717) is 25.6 Å². The van der Waals surface area contributed by atoms with Gasteiger partial charge in [0.1, 0.15) is 5.60 Å². The van der Waals surface area contributed by atoms with Crippen LogP contribution in [0, 0.1) is 11.8 Å². The highest BCUT2D eigenvalue weighted by Gasteiger charge is 2.35. The molecule has 1 aliphatic carbocycles. The molecule has 0 aromatic carbocycles. The van der Waals surface area contributed by atoms with Gasteiger partial charge >= 0.3 is 12.0 Å². The maximum Gasteiger partial charge on any atom is 0.317 e. The molecule has 8 nitrogen and oxygen atoms in total. The fraction of sp³-hybridized carbons (Fsp3) is 0.885. The lowest BCUT2D eigenvalue weighted by Gasteiger charge is -2.41. The maximum absolute atomic E-state index is 13.0. The molecule has 1 N–H and O–H groups in total. The lowest BCUT2D eigenvalue weighted by molar-refractivity contribution is -0.156. The number of hydrogen-bond acceptors (Lipinski definition) is 5. The highest BCUT2D eigenvalue weighted by atomic mass is 16.6. The Morgan fingerprint density at radius 3 is 2.18 bits per heavy atom. The summed E-state index contributed by atoms with van der Waals surface area (Å²) in [4.78, 5) is 43.5. The average molecular weight is 479 g/mol. The SMILES string of the molecule is CC(=O)N1CCN(CC[C@H]2CN(C(=O)NC3CCCCC3)CC[C@H]2CC(=O)OC(C)(C)C)CC1. The van der Waals surface area contributed by atoms with Gasteiger partial charge < -0.3 is 19.9 Å². The Balaban J connectivity index is 1.56. The van der Waals surface area contributed by atoms with Crippen LogP contribution in [0.4, 0.5) is 4.79 Å². The largest absolute Gasteiger partial charge is 0.460 e. The molecule has 2 heterocycles. The van der Waals surface area contributed by atoms with Crippen LogP contribution in [0.3, 0.4) is 0 Å². The van der Waals surface area contributed by atoms with Crippen LogP contribution in [0.15, 0.2) is 0 Å². The number of carbonyl (C=O) groups is 3. The minimum Gasteiger partial charge on any atom is -0.460 e. The zero-order valence-corrected chi connectivity index (χ0v) is 21.8. The number of esters is 1. The van der Waals surface area contributed by atoms with Crippen molar-refractivity contribution >= 4 is 17.9 Å². The third-order valence-corrected chi connectivity index (χ3v) is 7.59. The predicted molar refractivity (Wildman–Crippen MR) is 132 cm³/mol. The normalized spacial score (nSPS) is 25.2. The number of urea groups is 1. The van der Waals surface area contributed by atoms with Crippen LogP contribution < -0.4 is 5.32 Å². The number of piperidine rings is 1. The highest BCUT2D eigenvalue weighted by molar-refractivity contribution is 5.75. The van der Waals surface area contributed by atoms with E-state index in [4.69, 9.17) is 4.74 Å². The smallest absolute Gasteiger partial charge is 0.317 e. The van der Waals surface area contributed by atoms with E-state index in [9.17, 15) is 14.4 Å². The van der Waals surface area contributed by atoms with E-state index in [-0.39, 0.29) is 29.7 Å². The average Bonchev–Trinajstić information content (AvgIpc) is 2.78. The number of nitrogens with zero attached hydrogens (tertiary/aromatic N) is 3. The van der Waals surface area contributed by atoms with E-state index in [2.05, 4.69) is 10.2 Å². The molecule has 3 fully saturated rings. The van der Waals surface area contributed by atoms with Crippen LogP contribution >= 0.6 is 0 Å². The van der Waals surface area contributed by atoms with E-state index < -0.39 is 5.60 Å². The van der Waals surface area contributed by atoms with E-state index in [1.165, 1.54) is 19.3 Å². The fourth-order valence-electron chi connectivity index (χ4n) is 5.61. The van der Waals surface area contributed by atoms with Crippen molar-refractivity contribution in [1.29, 1.82) is 0 Å². The van der Waals surface area contributed by atoms with E-state index in [0.717, 1.165) is 58.4 Å². The molecule has 3 rings (SSSR count). The molecule has 8 heteroatoms. The van der Waals surface area contributed by atoms with Gasteiger partial charge in [-0.3, -0.25) is 14.5 Å². The summed E-state index contributed by atoms with van der Waals surface area (Å²) in [5, 5.41) is 3.26. The molecule has 0 radical (unpaired) electrons. The first-order valence-corrected chi connectivity index (χ1v) is 13.4. The van der Waals surface area contributed by atoms with Gasteiger partial charge in [-0.05, 0) is 64.8 Å². The Kier molecular flexibility index (Phi) is 9.63. The lowest BCUT2D eigenvalue weighted by atomic mass is 9.81. The maximum atomic E-state index is 13.0. The van der Waals surface area contributed by atoms with Gasteiger partial charge in [-0.2, -0.15) is 0 Å². The van der Waals surface area contributed by atoms with Crippen molar-refractivity contribution in [1.82, 2.24) is 20.0 Å². The molecule has 34 heavy (non-hydrogen) atoms. The van der Waals surface area contributed by atoms with Crippen molar-refractivity contribution in [3.63, 3.8) is 0 Å². The van der Waals surface area contributed by atoms with Crippen LogP contribution in [0.5, 0.6) is 0 Å². The number of rotatable bonds is 6. The number of likely N-dealkylation sites (tertiary alicyclic amines) is 1. The summed E-state index contributed by atoms with van der Waals surface area (Å²) in [7, 11) is 0. The van der Waals surface area contributed by atoms with Gasteiger partial charge in [-0.1, -0.05) is 19.3 Å². The van der Waals surface area contributed by atoms with Crippen LogP contribution in [0.1, 0.15) is 79.1 Å². The number of ether oxygens (including phenoxy) is 1. The second-order valence-electron chi connectivity index (χ2n) is 11.5. The molecule has 1 saturated carbocycles. The molecule has 194 valence electrons. The zero-order chi connectivity index (χ0) is 24.7. The summed E-state index contributed by atoms with van der Waals surface area (Å²) in [6, 6.07) is 0.361. The van der Waals surface area contributed by atoms with Crippen molar-refractivity contribution in [3.05, 3.63) is 0 Å². The number of hydrogen-bond donors (Lipinski definition) is 1. The van der Waals surface area contributed by atoms with Crippen molar-refractivity contribution < 1.29 is 19.1 Å². The van der Waals surface area contributed by atoms with Gasteiger partial charge in [0.15, 0.2) is 0 Å². The standard InChI is InChI=1S/C26H46N4O4/c1-20(31)29-16-14-28(15-17-29)12-10-22-19-30(25(33)27-23-8-6-5-7-9-23)13-11-21(22)18-24(32)34-26(2,3)4/h21-23H,5-19H2,1-4H3,(H,27,33)/t21-,22-/m0/s1. The molecule has 0 bridgehead atoms. The molecule has 0 aromatic heterocycles. The molecule has 0 spiro atoms. The summed E-state index contributed by atoms with van der Waals surface area (Å²) in [6.45, 7) is 13.0. The van der Waals surface area contributed by atoms with Crippen LogP contribution in [-0.2, 0) is 14.3 Å². The van der Waals surface area contributed by atoms with Gasteiger partial charge in [-0.25, -0.2) is 4.79 Å². The number of amides is 3. The number of carbonyl (C=O) groups excluding carboxylic acids is 3. The van der Waals surface area contributed by atoms with Crippen LogP contribution in [-0.4, -0.2) is 90.1 Å². The molecule has 0 aromatic rings. The second-order valence-corrected chi connectivity index (χ2v) is 11.5. The van der Waals surface area contributed by atoms with Crippen LogP contribution in [0.2, 0.25) is 0 Å². The Morgan fingerprint density at radius 1 is 0.882 bits per heavy atom. The van der Waals surface area contributed by atoms with Gasteiger partial charge in [0, 0.05) is 58.7 Å². The molecule has 2 saturated heterocycles. The fourth-order valence-corrected chi connectivity index (χ4v) is 5.61. The summed E-state index contributed by atoms with van der Waals surface area (Å²) in [5.74, 6) is 0.498. The Bertz CT molecular complexity index is 693. The number of piperazine rings is 1. The highest BCUT2D eigenvalue weighted by Crippen LogP contribution is 2.31. The van der Waals surface area contributed by atoms with Crippen molar-refractivity contribution in [2.24, 2.45) is 11.8 Å². The summed E-state index contributed by atoms with van der Waals surface area (Å²) in [5.41, 5.74) is -0.483. The molecule has 2 aliphatic heterocycles. The quantitative estimate of drug-likeness (QED) is 0.593. The van der Waals surface area contributed by atoms with Gasteiger partial charge in [0.25, 0.3) is 0 Å². The minimum atomic E-state index is -0.483. The summed E-state index contributed by atoms with van der Waals surface area (Å²) in [6.07, 6.45) is 8.02. The first-order chi connectivity index (χ1) is 16.1. The summed E-state index contributed by atoms with van der Waals surface area (Å²) >= 11 is 0.